The van der Waals surface area contributed by atoms with Crippen LogP contribution in [0.25, 0.3) is 0 Å². The van der Waals surface area contributed by atoms with E-state index in [1.54, 1.807) is 31.3 Å². The molecule has 43 heavy (non-hydrogen) atoms. The van der Waals surface area contributed by atoms with Crippen LogP contribution in [0.5, 0.6) is 11.5 Å². The molecule has 3 aromatic rings. The van der Waals surface area contributed by atoms with E-state index in [-0.39, 0.29) is 50.6 Å². The fourth-order valence-electron chi connectivity index (χ4n) is 4.80. The van der Waals surface area contributed by atoms with Gasteiger partial charge in [0.15, 0.2) is 0 Å². The van der Waals surface area contributed by atoms with Crippen molar-refractivity contribution in [2.24, 2.45) is 0 Å². The van der Waals surface area contributed by atoms with Gasteiger partial charge >= 0.3 is 0 Å². The van der Waals surface area contributed by atoms with Crippen LogP contribution in [0.15, 0.2) is 72.8 Å². The van der Waals surface area contributed by atoms with E-state index in [9.17, 15) is 19.2 Å². The fourth-order valence-corrected chi connectivity index (χ4v) is 4.80. The molecule has 1 heterocycles. The molecule has 0 radical (unpaired) electrons. The quantitative estimate of drug-likeness (QED) is 0.366. The Hall–Kier alpha value is -4.86. The predicted octanol–water partition coefficient (Wildman–Crippen LogP) is 2.57. The first kappa shape index (κ1) is 31.1. The largest absolute Gasteiger partial charge is 0.491 e. The summed E-state index contributed by atoms with van der Waals surface area (Å²) in [7, 11) is 1.64. The number of carbonyl (C=O) groups excluding carboxylic acids is 4. The third-order valence-electron chi connectivity index (χ3n) is 7.11. The molecule has 0 saturated heterocycles. The Morgan fingerprint density at radius 3 is 2.51 bits per heavy atom. The predicted molar refractivity (Wildman–Crippen MR) is 162 cm³/mol. The molecule has 0 unspecified atom stereocenters. The SMILES string of the molecule is Cc1ccc(OCCNC(=O)[C@@H]2CC(=O)N[C@@H](Cc3ccccc3)C(=O)N(C)CCOc3ccccc3C(=O)N2)c(C)c1. The summed E-state index contributed by atoms with van der Waals surface area (Å²) < 4.78 is 11.7. The Kier molecular flexibility index (Phi) is 10.7. The van der Waals surface area contributed by atoms with Gasteiger partial charge in [-0.05, 0) is 43.2 Å². The standard InChI is InChI=1S/C33H38N4O6/c1-22-13-14-28(23(2)19-22)42-17-15-34-32(40)26-21-30(38)35-27(20-24-9-5-4-6-10-24)33(41)37(3)16-18-43-29-12-8-7-11-25(29)31(39)36-26/h4-14,19,26-27H,15-18,20-21H2,1-3H3,(H,34,40)(H,35,38)(H,36,39)/t26-,27-/m0/s1. The highest BCUT2D eigenvalue weighted by Gasteiger charge is 2.30. The number of rotatable bonds is 7. The number of ether oxygens (including phenoxy) is 2. The molecule has 4 amide bonds. The van der Waals surface area contributed by atoms with E-state index in [4.69, 9.17) is 9.47 Å². The number of aryl methyl sites for hydroxylation is 2. The van der Waals surface area contributed by atoms with E-state index in [0.29, 0.717) is 11.5 Å². The van der Waals surface area contributed by atoms with Gasteiger partial charge in [-0.2, -0.15) is 0 Å². The van der Waals surface area contributed by atoms with Crippen molar-refractivity contribution >= 4 is 23.6 Å². The number of para-hydroxylation sites is 1. The number of nitrogens with one attached hydrogen (secondary N) is 3. The van der Waals surface area contributed by atoms with Gasteiger partial charge in [0, 0.05) is 13.5 Å². The second-order valence-electron chi connectivity index (χ2n) is 10.6. The third kappa shape index (κ3) is 8.81. The van der Waals surface area contributed by atoms with Crippen molar-refractivity contribution in [3.8, 4) is 11.5 Å². The van der Waals surface area contributed by atoms with Gasteiger partial charge in [-0.1, -0.05) is 60.2 Å². The minimum atomic E-state index is -1.21. The highest BCUT2D eigenvalue weighted by molar-refractivity contribution is 6.01. The molecule has 0 fully saturated rings. The minimum Gasteiger partial charge on any atom is -0.491 e. The summed E-state index contributed by atoms with van der Waals surface area (Å²) in [5.74, 6) is -0.930. The van der Waals surface area contributed by atoms with E-state index in [0.717, 1.165) is 16.7 Å². The van der Waals surface area contributed by atoms with Crippen LogP contribution < -0.4 is 25.4 Å². The summed E-state index contributed by atoms with van der Waals surface area (Å²) in [6.07, 6.45) is -0.112. The highest BCUT2D eigenvalue weighted by Crippen LogP contribution is 2.20. The molecule has 2 atom stereocenters. The Balaban J connectivity index is 1.51. The Labute approximate surface area is 251 Å². The molecular formula is C33H38N4O6. The molecule has 0 aliphatic carbocycles. The Morgan fingerprint density at radius 2 is 1.74 bits per heavy atom. The number of fused-ring (bicyclic) bond motifs is 1. The molecule has 10 nitrogen and oxygen atoms in total. The number of hydrogen-bond donors (Lipinski definition) is 3. The van der Waals surface area contributed by atoms with Gasteiger partial charge in [-0.3, -0.25) is 19.2 Å². The molecule has 0 aromatic heterocycles. The smallest absolute Gasteiger partial charge is 0.255 e. The highest BCUT2D eigenvalue weighted by atomic mass is 16.5. The first-order valence-electron chi connectivity index (χ1n) is 14.3. The zero-order valence-corrected chi connectivity index (χ0v) is 24.7. The summed E-state index contributed by atoms with van der Waals surface area (Å²) in [4.78, 5) is 54.8. The van der Waals surface area contributed by atoms with E-state index in [2.05, 4.69) is 16.0 Å². The summed E-state index contributed by atoms with van der Waals surface area (Å²) in [6.45, 7) is 4.66. The number of benzene rings is 3. The normalized spacial score (nSPS) is 17.9. The number of carbonyl (C=O) groups is 4. The van der Waals surface area contributed by atoms with E-state index in [1.165, 1.54) is 4.90 Å². The molecule has 10 heteroatoms. The van der Waals surface area contributed by atoms with Gasteiger partial charge in [0.2, 0.25) is 17.7 Å². The van der Waals surface area contributed by atoms with Gasteiger partial charge in [0.05, 0.1) is 25.1 Å². The maximum Gasteiger partial charge on any atom is 0.255 e. The van der Waals surface area contributed by atoms with Crippen molar-refractivity contribution in [3.63, 3.8) is 0 Å². The van der Waals surface area contributed by atoms with Crippen molar-refractivity contribution in [1.29, 1.82) is 0 Å². The zero-order valence-electron chi connectivity index (χ0n) is 24.7. The van der Waals surface area contributed by atoms with Gasteiger partial charge in [-0.25, -0.2) is 0 Å². The lowest BCUT2D eigenvalue weighted by molar-refractivity contribution is -0.136. The summed E-state index contributed by atoms with van der Waals surface area (Å²) in [5.41, 5.74) is 3.18. The second-order valence-corrected chi connectivity index (χ2v) is 10.6. The second kappa shape index (κ2) is 14.9. The molecule has 4 rings (SSSR count). The number of likely N-dealkylation sites (N-methyl/N-ethyl adjacent to an activating group) is 1. The summed E-state index contributed by atoms with van der Waals surface area (Å²) in [6, 6.07) is 19.7. The Bertz CT molecular complexity index is 1440. The average Bonchev–Trinajstić information content (AvgIpc) is 2.99. The topological polar surface area (TPSA) is 126 Å². The van der Waals surface area contributed by atoms with Crippen LogP contribution in [-0.2, 0) is 20.8 Å². The molecule has 3 aromatic carbocycles. The molecule has 0 bridgehead atoms. The van der Waals surface area contributed by atoms with Gasteiger partial charge in [0.1, 0.15) is 36.8 Å². The molecule has 0 spiro atoms. The average molecular weight is 587 g/mol. The number of hydrogen-bond acceptors (Lipinski definition) is 6. The van der Waals surface area contributed by atoms with Gasteiger partial charge in [-0.15, -0.1) is 0 Å². The molecule has 0 saturated carbocycles. The van der Waals surface area contributed by atoms with Crippen LogP contribution in [0.4, 0.5) is 0 Å². The van der Waals surface area contributed by atoms with Crippen LogP contribution in [0.2, 0.25) is 0 Å². The van der Waals surface area contributed by atoms with Gasteiger partial charge in [0.25, 0.3) is 5.91 Å². The van der Waals surface area contributed by atoms with E-state index in [1.807, 2.05) is 62.4 Å². The molecule has 226 valence electrons. The van der Waals surface area contributed by atoms with Crippen LogP contribution in [0, 0.1) is 13.8 Å². The molecule has 1 aliphatic heterocycles. The van der Waals surface area contributed by atoms with Crippen molar-refractivity contribution in [2.45, 2.75) is 38.8 Å². The fraction of sp³-hybridized carbons (Fsp3) is 0.333. The van der Waals surface area contributed by atoms with Crippen molar-refractivity contribution in [3.05, 3.63) is 95.1 Å². The third-order valence-corrected chi connectivity index (χ3v) is 7.11. The molecular weight excluding hydrogens is 548 g/mol. The molecule has 1 aliphatic rings. The lowest BCUT2D eigenvalue weighted by atomic mass is 10.0. The van der Waals surface area contributed by atoms with Crippen LogP contribution in [-0.4, -0.2) is 74.0 Å². The van der Waals surface area contributed by atoms with E-state index < -0.39 is 29.8 Å². The lowest BCUT2D eigenvalue weighted by Gasteiger charge is -2.27. The molecule has 3 N–H and O–H groups in total. The van der Waals surface area contributed by atoms with E-state index >= 15 is 0 Å². The van der Waals surface area contributed by atoms with Crippen molar-refractivity contribution < 1.29 is 28.7 Å². The maximum absolute atomic E-state index is 13.4. The first-order chi connectivity index (χ1) is 20.7. The van der Waals surface area contributed by atoms with Crippen molar-refractivity contribution in [2.75, 3.05) is 33.4 Å². The maximum atomic E-state index is 13.4. The summed E-state index contributed by atoms with van der Waals surface area (Å²) >= 11 is 0. The lowest BCUT2D eigenvalue weighted by Crippen LogP contribution is -2.53. The van der Waals surface area contributed by atoms with Crippen LogP contribution >= 0.6 is 0 Å². The first-order valence-corrected chi connectivity index (χ1v) is 14.3. The van der Waals surface area contributed by atoms with Crippen LogP contribution in [0.3, 0.4) is 0 Å². The minimum absolute atomic E-state index is 0.128. The number of amides is 4. The van der Waals surface area contributed by atoms with Crippen molar-refractivity contribution in [1.82, 2.24) is 20.9 Å². The van der Waals surface area contributed by atoms with Crippen LogP contribution in [0.1, 0.15) is 33.5 Å². The number of nitrogens with zero attached hydrogens (tertiary/aromatic N) is 1. The summed E-state index contributed by atoms with van der Waals surface area (Å²) in [5, 5.41) is 8.23. The Morgan fingerprint density at radius 1 is 1.00 bits per heavy atom. The van der Waals surface area contributed by atoms with Gasteiger partial charge < -0.3 is 30.3 Å². The monoisotopic (exact) mass is 586 g/mol. The zero-order chi connectivity index (χ0) is 30.8.